The summed E-state index contributed by atoms with van der Waals surface area (Å²) in [7, 11) is 0. The number of hydrogen-bond acceptors (Lipinski definition) is 1. The number of thiophene rings is 1. The highest BCUT2D eigenvalue weighted by Gasteiger charge is 2.12. The fourth-order valence-electron chi connectivity index (χ4n) is 1.04. The lowest BCUT2D eigenvalue weighted by Gasteiger charge is -2.04. The van der Waals surface area contributed by atoms with Gasteiger partial charge in [0.25, 0.3) is 0 Å². The molecule has 0 aromatic carbocycles. The van der Waals surface area contributed by atoms with Gasteiger partial charge in [-0.2, -0.15) is 0 Å². The molecule has 0 saturated heterocycles. The van der Waals surface area contributed by atoms with Crippen molar-refractivity contribution in [3.8, 4) is 0 Å². The average molecular weight is 302 g/mol. The molecule has 0 nitrogen and oxygen atoms in total. The van der Waals surface area contributed by atoms with E-state index in [2.05, 4.69) is 22.9 Å². The maximum absolute atomic E-state index is 6.20. The number of rotatable bonds is 4. The smallest absolute Gasteiger partial charge is 0.107 e. The predicted molar refractivity (Wildman–Crippen MR) is 65.1 cm³/mol. The van der Waals surface area contributed by atoms with Crippen molar-refractivity contribution in [3.05, 3.63) is 19.8 Å². The standard InChI is InChI=1S/C9H11BrCl2S/c1-2-3-4-7(11)8-5-6(10)9(12)13-8/h5,7H,2-4H2,1H3. The number of halogens is 3. The minimum Gasteiger partial charge on any atom is -0.126 e. The lowest BCUT2D eigenvalue weighted by Crippen LogP contribution is -1.85. The summed E-state index contributed by atoms with van der Waals surface area (Å²) in [6, 6.07) is 2.01. The van der Waals surface area contributed by atoms with Gasteiger partial charge in [0.1, 0.15) is 4.34 Å². The third kappa shape index (κ3) is 3.43. The van der Waals surface area contributed by atoms with Gasteiger partial charge >= 0.3 is 0 Å². The second-order valence-electron chi connectivity index (χ2n) is 2.88. The van der Waals surface area contributed by atoms with Gasteiger partial charge in [0.05, 0.1) is 5.38 Å². The number of alkyl halides is 1. The van der Waals surface area contributed by atoms with Gasteiger partial charge < -0.3 is 0 Å². The highest BCUT2D eigenvalue weighted by molar-refractivity contribution is 9.10. The Morgan fingerprint density at radius 2 is 2.31 bits per heavy atom. The molecule has 74 valence electrons. The van der Waals surface area contributed by atoms with Crippen molar-refractivity contribution in [3.63, 3.8) is 0 Å². The Balaban J connectivity index is 2.60. The van der Waals surface area contributed by atoms with Crippen LogP contribution in [0.5, 0.6) is 0 Å². The van der Waals surface area contributed by atoms with Crippen molar-refractivity contribution < 1.29 is 0 Å². The second-order valence-corrected chi connectivity index (χ2v) is 5.95. The van der Waals surface area contributed by atoms with Gasteiger partial charge in [-0.1, -0.05) is 31.4 Å². The normalized spacial score (nSPS) is 13.2. The minimum atomic E-state index is 0.119. The first-order valence-corrected chi connectivity index (χ1v) is 6.66. The summed E-state index contributed by atoms with van der Waals surface area (Å²) in [4.78, 5) is 1.16. The molecule has 13 heavy (non-hydrogen) atoms. The van der Waals surface area contributed by atoms with Crippen molar-refractivity contribution in [2.45, 2.75) is 31.6 Å². The van der Waals surface area contributed by atoms with Crippen LogP contribution >= 0.6 is 50.5 Å². The Bertz CT molecular complexity index is 253. The van der Waals surface area contributed by atoms with Gasteiger partial charge in [-0.15, -0.1) is 22.9 Å². The minimum absolute atomic E-state index is 0.119. The molecule has 1 heterocycles. The lowest BCUT2D eigenvalue weighted by molar-refractivity contribution is 0.706. The lowest BCUT2D eigenvalue weighted by atomic mass is 10.2. The molecule has 0 amide bonds. The third-order valence-electron chi connectivity index (χ3n) is 1.78. The molecule has 1 rings (SSSR count). The summed E-state index contributed by atoms with van der Waals surface area (Å²) >= 11 is 17.1. The predicted octanol–water partition coefficient (Wildman–Crippen LogP) is 5.63. The van der Waals surface area contributed by atoms with E-state index in [0.29, 0.717) is 0 Å². The van der Waals surface area contributed by atoms with Gasteiger partial charge in [0, 0.05) is 9.35 Å². The van der Waals surface area contributed by atoms with Crippen LogP contribution in [0.25, 0.3) is 0 Å². The van der Waals surface area contributed by atoms with E-state index in [9.17, 15) is 0 Å². The Hall–Kier alpha value is 0.760. The SMILES string of the molecule is CCCCC(Cl)c1cc(Br)c(Cl)s1. The van der Waals surface area contributed by atoms with Crippen LogP contribution < -0.4 is 0 Å². The highest BCUT2D eigenvalue weighted by Crippen LogP contribution is 2.39. The van der Waals surface area contributed by atoms with Crippen molar-refractivity contribution in [1.82, 2.24) is 0 Å². The molecule has 0 aliphatic carbocycles. The summed E-state index contributed by atoms with van der Waals surface area (Å²) in [5.74, 6) is 0. The zero-order chi connectivity index (χ0) is 9.84. The van der Waals surface area contributed by atoms with Crippen LogP contribution in [0.3, 0.4) is 0 Å². The molecule has 1 aromatic heterocycles. The van der Waals surface area contributed by atoms with Gasteiger partial charge in [0.2, 0.25) is 0 Å². The van der Waals surface area contributed by atoms with Crippen LogP contribution in [0.1, 0.15) is 36.4 Å². The molecule has 0 radical (unpaired) electrons. The second kappa shape index (κ2) is 5.59. The van der Waals surface area contributed by atoms with E-state index >= 15 is 0 Å². The van der Waals surface area contributed by atoms with Crippen molar-refractivity contribution >= 4 is 50.5 Å². The molecular formula is C9H11BrCl2S. The van der Waals surface area contributed by atoms with E-state index < -0.39 is 0 Å². The fourth-order valence-corrected chi connectivity index (χ4v) is 3.14. The number of unbranched alkanes of at least 4 members (excludes halogenated alkanes) is 1. The topological polar surface area (TPSA) is 0 Å². The Kier molecular flexibility index (Phi) is 5.09. The summed E-state index contributed by atoms with van der Waals surface area (Å²) in [5.41, 5.74) is 0. The van der Waals surface area contributed by atoms with E-state index in [1.54, 1.807) is 11.3 Å². The van der Waals surface area contributed by atoms with E-state index in [-0.39, 0.29) is 5.38 Å². The molecule has 0 N–H and O–H groups in total. The summed E-state index contributed by atoms with van der Waals surface area (Å²) < 4.78 is 1.74. The van der Waals surface area contributed by atoms with Crippen LogP contribution in [-0.4, -0.2) is 0 Å². The molecule has 1 unspecified atom stereocenters. The molecule has 0 aliphatic heterocycles. The van der Waals surface area contributed by atoms with Crippen LogP contribution in [0.4, 0.5) is 0 Å². The Morgan fingerprint density at radius 1 is 1.62 bits per heavy atom. The monoisotopic (exact) mass is 300 g/mol. The van der Waals surface area contributed by atoms with Gasteiger partial charge in [-0.25, -0.2) is 0 Å². The van der Waals surface area contributed by atoms with Crippen molar-refractivity contribution in [2.24, 2.45) is 0 Å². The Morgan fingerprint density at radius 3 is 2.77 bits per heavy atom. The molecule has 0 aliphatic rings. The highest BCUT2D eigenvalue weighted by atomic mass is 79.9. The summed E-state index contributed by atoms with van der Waals surface area (Å²) in [6.45, 7) is 2.17. The van der Waals surface area contributed by atoms with E-state index in [4.69, 9.17) is 23.2 Å². The van der Waals surface area contributed by atoms with Crippen LogP contribution in [0, 0.1) is 0 Å². The third-order valence-corrected chi connectivity index (χ3v) is 4.96. The Labute approximate surface area is 101 Å². The van der Waals surface area contributed by atoms with Crippen molar-refractivity contribution in [2.75, 3.05) is 0 Å². The zero-order valence-corrected chi connectivity index (χ0v) is 11.2. The molecular weight excluding hydrogens is 291 g/mol. The first-order chi connectivity index (χ1) is 6.15. The van der Waals surface area contributed by atoms with Crippen LogP contribution in [0.15, 0.2) is 10.5 Å². The molecule has 4 heteroatoms. The first kappa shape index (κ1) is 11.8. The van der Waals surface area contributed by atoms with Crippen LogP contribution in [-0.2, 0) is 0 Å². The maximum Gasteiger partial charge on any atom is 0.107 e. The van der Waals surface area contributed by atoms with Crippen molar-refractivity contribution in [1.29, 1.82) is 0 Å². The molecule has 0 saturated carbocycles. The molecule has 0 bridgehead atoms. The largest absolute Gasteiger partial charge is 0.126 e. The quantitative estimate of drug-likeness (QED) is 0.632. The van der Waals surface area contributed by atoms with E-state index in [1.165, 1.54) is 12.8 Å². The summed E-state index contributed by atoms with van der Waals surface area (Å²) in [6.07, 6.45) is 3.38. The molecule has 0 fully saturated rings. The fraction of sp³-hybridized carbons (Fsp3) is 0.556. The first-order valence-electron chi connectivity index (χ1n) is 4.24. The van der Waals surface area contributed by atoms with Gasteiger partial charge in [-0.3, -0.25) is 0 Å². The summed E-state index contributed by atoms with van der Waals surface area (Å²) in [5, 5.41) is 0.119. The van der Waals surface area contributed by atoms with Gasteiger partial charge in [0.15, 0.2) is 0 Å². The maximum atomic E-state index is 6.20. The average Bonchev–Trinajstić information content (AvgIpc) is 2.43. The molecule has 0 spiro atoms. The van der Waals surface area contributed by atoms with Crippen LogP contribution in [0.2, 0.25) is 4.34 Å². The van der Waals surface area contributed by atoms with E-state index in [1.807, 2.05) is 6.07 Å². The zero-order valence-electron chi connectivity index (χ0n) is 7.32. The number of hydrogen-bond donors (Lipinski definition) is 0. The molecule has 1 atom stereocenters. The van der Waals surface area contributed by atoms with E-state index in [0.717, 1.165) is 20.1 Å². The molecule has 1 aromatic rings. The van der Waals surface area contributed by atoms with Gasteiger partial charge in [-0.05, 0) is 28.4 Å².